The molecule has 2 aromatic carbocycles. The van der Waals surface area contributed by atoms with Crippen molar-refractivity contribution in [3.8, 4) is 5.75 Å². The number of aromatic nitrogens is 1. The van der Waals surface area contributed by atoms with E-state index in [9.17, 15) is 4.79 Å². The molecule has 0 saturated heterocycles. The number of thiazole rings is 1. The van der Waals surface area contributed by atoms with Crippen molar-refractivity contribution in [3.63, 3.8) is 0 Å². The predicted octanol–water partition coefficient (Wildman–Crippen LogP) is 4.85. The normalized spacial score (nSPS) is 11.1. The molecule has 0 N–H and O–H groups in total. The molecule has 0 radical (unpaired) electrons. The Morgan fingerprint density at radius 2 is 1.92 bits per heavy atom. The van der Waals surface area contributed by atoms with Crippen LogP contribution in [0, 0.1) is 0 Å². The summed E-state index contributed by atoms with van der Waals surface area (Å²) in [4.78, 5) is 17.7. The Balaban J connectivity index is 1.91. The second-order valence-corrected chi connectivity index (χ2v) is 6.52. The van der Waals surface area contributed by atoms with Gasteiger partial charge in [0.05, 0.1) is 10.2 Å². The van der Waals surface area contributed by atoms with Crippen LogP contribution in [0.15, 0.2) is 42.5 Å². The third kappa shape index (κ3) is 3.88. The van der Waals surface area contributed by atoms with Crippen LogP contribution in [0.2, 0.25) is 0 Å². The highest BCUT2D eigenvalue weighted by Crippen LogP contribution is 2.28. The molecule has 0 fully saturated rings. The van der Waals surface area contributed by atoms with Crippen LogP contribution in [0.1, 0.15) is 24.4 Å². The summed E-state index contributed by atoms with van der Waals surface area (Å²) in [7, 11) is 0. The van der Waals surface area contributed by atoms with Gasteiger partial charge in [0.25, 0.3) is 6.47 Å². The molecule has 25 heavy (non-hydrogen) atoms. The molecule has 0 aliphatic rings. The highest BCUT2D eigenvalue weighted by Gasteiger charge is 2.08. The van der Waals surface area contributed by atoms with E-state index in [4.69, 9.17) is 4.74 Å². The molecule has 3 rings (SSSR count). The topological polar surface area (TPSA) is 42.4 Å². The first-order valence-corrected chi connectivity index (χ1v) is 9.09. The van der Waals surface area contributed by atoms with Crippen LogP contribution < -0.4 is 9.64 Å². The van der Waals surface area contributed by atoms with Gasteiger partial charge >= 0.3 is 0 Å². The summed E-state index contributed by atoms with van der Waals surface area (Å²) in [6, 6.07) is 14.0. The number of ether oxygens (including phenoxy) is 1. The summed E-state index contributed by atoms with van der Waals surface area (Å²) in [5.41, 5.74) is 2.88. The van der Waals surface area contributed by atoms with Gasteiger partial charge < -0.3 is 9.64 Å². The Bertz CT molecular complexity index is 865. The molecule has 0 aliphatic heterocycles. The first kappa shape index (κ1) is 17.2. The van der Waals surface area contributed by atoms with Crippen LogP contribution in [0.4, 0.5) is 5.69 Å². The van der Waals surface area contributed by atoms with Gasteiger partial charge in [-0.1, -0.05) is 12.1 Å². The second-order valence-electron chi connectivity index (χ2n) is 5.46. The van der Waals surface area contributed by atoms with Gasteiger partial charge in [-0.15, -0.1) is 11.3 Å². The third-order valence-corrected chi connectivity index (χ3v) is 5.02. The lowest BCUT2D eigenvalue weighted by Gasteiger charge is -2.21. The number of anilines is 1. The maximum Gasteiger partial charge on any atom is 0.298 e. The quantitative estimate of drug-likeness (QED) is 0.570. The monoisotopic (exact) mass is 352 g/mol. The molecule has 0 atom stereocenters. The first-order valence-electron chi connectivity index (χ1n) is 8.28. The van der Waals surface area contributed by atoms with Crippen LogP contribution in [0.3, 0.4) is 0 Å². The largest absolute Gasteiger partial charge is 0.428 e. The number of hydrogen-bond donors (Lipinski definition) is 0. The fourth-order valence-electron chi connectivity index (χ4n) is 2.72. The Morgan fingerprint density at radius 3 is 2.64 bits per heavy atom. The average molecular weight is 352 g/mol. The molecule has 4 nitrogen and oxygen atoms in total. The van der Waals surface area contributed by atoms with E-state index in [-0.39, 0.29) is 0 Å². The Morgan fingerprint density at radius 1 is 1.12 bits per heavy atom. The van der Waals surface area contributed by atoms with Crippen molar-refractivity contribution in [3.05, 3.63) is 53.0 Å². The van der Waals surface area contributed by atoms with Crippen LogP contribution in [-0.4, -0.2) is 24.5 Å². The SMILES string of the molecule is CCN(CC)c1ccc(C=Cc2nc3ccccc3s2)c(OC=O)c1. The molecule has 1 heterocycles. The minimum absolute atomic E-state index is 0.469. The molecule has 0 spiro atoms. The van der Waals surface area contributed by atoms with Gasteiger partial charge in [-0.2, -0.15) is 0 Å². The van der Waals surface area contributed by atoms with Crippen molar-refractivity contribution < 1.29 is 9.53 Å². The molecule has 1 aromatic heterocycles. The molecular weight excluding hydrogens is 332 g/mol. The van der Waals surface area contributed by atoms with E-state index in [1.807, 2.05) is 48.6 Å². The van der Waals surface area contributed by atoms with E-state index >= 15 is 0 Å². The molecule has 0 unspecified atom stereocenters. The number of carbonyl (C=O) groups is 1. The minimum atomic E-state index is 0.469. The van der Waals surface area contributed by atoms with Crippen molar-refractivity contribution >= 4 is 45.9 Å². The smallest absolute Gasteiger partial charge is 0.298 e. The standard InChI is InChI=1S/C20H20N2O2S/c1-3-22(4-2)16-11-9-15(18(13-16)24-14-23)10-12-20-21-17-7-5-6-8-19(17)25-20/h5-14H,3-4H2,1-2H3. The van der Waals surface area contributed by atoms with Crippen molar-refractivity contribution in [2.45, 2.75) is 13.8 Å². The molecule has 0 saturated carbocycles. The summed E-state index contributed by atoms with van der Waals surface area (Å²) in [6.07, 6.45) is 3.89. The third-order valence-electron chi connectivity index (χ3n) is 4.02. The molecule has 3 aromatic rings. The van der Waals surface area contributed by atoms with Crippen LogP contribution >= 0.6 is 11.3 Å². The zero-order chi connectivity index (χ0) is 17.6. The van der Waals surface area contributed by atoms with Crippen molar-refractivity contribution in [1.82, 2.24) is 4.98 Å². The van der Waals surface area contributed by atoms with E-state index in [1.165, 1.54) is 0 Å². The number of carbonyl (C=O) groups excluding carboxylic acids is 1. The summed E-state index contributed by atoms with van der Waals surface area (Å²) < 4.78 is 6.34. The molecule has 0 bridgehead atoms. The molecule has 0 aliphatic carbocycles. The number of nitrogens with zero attached hydrogens (tertiary/aromatic N) is 2. The Hall–Kier alpha value is -2.66. The van der Waals surface area contributed by atoms with E-state index in [1.54, 1.807) is 11.3 Å². The van der Waals surface area contributed by atoms with Crippen LogP contribution in [0.5, 0.6) is 5.75 Å². The van der Waals surface area contributed by atoms with Gasteiger partial charge in [0.1, 0.15) is 10.8 Å². The lowest BCUT2D eigenvalue weighted by Crippen LogP contribution is -2.21. The van der Waals surface area contributed by atoms with Crippen molar-refractivity contribution in [2.24, 2.45) is 0 Å². The molecule has 128 valence electrons. The molecular formula is C20H20N2O2S. The molecule has 5 heteroatoms. The van der Waals surface area contributed by atoms with Crippen molar-refractivity contribution in [1.29, 1.82) is 0 Å². The molecule has 0 amide bonds. The zero-order valence-electron chi connectivity index (χ0n) is 14.3. The van der Waals surface area contributed by atoms with E-state index in [0.29, 0.717) is 12.2 Å². The fraction of sp³-hybridized carbons (Fsp3) is 0.200. The summed E-state index contributed by atoms with van der Waals surface area (Å²) >= 11 is 1.63. The highest BCUT2D eigenvalue weighted by atomic mass is 32.1. The van der Waals surface area contributed by atoms with Gasteiger partial charge in [-0.25, -0.2) is 4.98 Å². The van der Waals surface area contributed by atoms with E-state index in [2.05, 4.69) is 29.8 Å². The maximum atomic E-state index is 10.9. The van der Waals surface area contributed by atoms with Gasteiger partial charge in [0, 0.05) is 30.4 Å². The number of fused-ring (bicyclic) bond motifs is 1. The summed E-state index contributed by atoms with van der Waals surface area (Å²) in [5, 5.41) is 0.922. The zero-order valence-corrected chi connectivity index (χ0v) is 15.1. The van der Waals surface area contributed by atoms with Gasteiger partial charge in [0.15, 0.2) is 0 Å². The van der Waals surface area contributed by atoms with Gasteiger partial charge in [0.2, 0.25) is 0 Å². The number of para-hydroxylation sites is 1. The first-order chi connectivity index (χ1) is 12.2. The lowest BCUT2D eigenvalue weighted by molar-refractivity contribution is -0.120. The summed E-state index contributed by atoms with van der Waals surface area (Å²) in [6.45, 7) is 6.47. The Kier molecular flexibility index (Phi) is 5.46. The van der Waals surface area contributed by atoms with E-state index < -0.39 is 0 Å². The van der Waals surface area contributed by atoms with Gasteiger partial charge in [-0.3, -0.25) is 4.79 Å². The minimum Gasteiger partial charge on any atom is -0.428 e. The number of benzene rings is 2. The summed E-state index contributed by atoms with van der Waals surface area (Å²) in [5.74, 6) is 0.553. The Labute approximate surface area is 151 Å². The number of hydrogen-bond acceptors (Lipinski definition) is 5. The lowest BCUT2D eigenvalue weighted by atomic mass is 10.1. The maximum absolute atomic E-state index is 10.9. The van der Waals surface area contributed by atoms with Gasteiger partial charge in [-0.05, 0) is 50.3 Å². The van der Waals surface area contributed by atoms with Crippen LogP contribution in [0.25, 0.3) is 22.4 Å². The second kappa shape index (κ2) is 7.94. The highest BCUT2D eigenvalue weighted by molar-refractivity contribution is 7.19. The van der Waals surface area contributed by atoms with E-state index in [0.717, 1.165) is 39.6 Å². The van der Waals surface area contributed by atoms with Crippen molar-refractivity contribution in [2.75, 3.05) is 18.0 Å². The number of rotatable bonds is 7. The predicted molar refractivity (Wildman–Crippen MR) is 105 cm³/mol. The average Bonchev–Trinajstić information content (AvgIpc) is 3.05. The fourth-order valence-corrected chi connectivity index (χ4v) is 3.59. The van der Waals surface area contributed by atoms with Crippen LogP contribution in [-0.2, 0) is 4.79 Å².